The van der Waals surface area contributed by atoms with Crippen LogP contribution in [0.15, 0.2) is 0 Å². The molecule has 0 aliphatic heterocycles. The maximum Gasteiger partial charge on any atom is 0.407 e. The standard InChI is InChI=1S/C13H21NO2/c1-5-10-6-8-11(9-7-10)14-12(15)16-13(2,3)4/h1,10-11H,6-9H2,2-4H3,(H,14,15). The van der Waals surface area contributed by atoms with Crippen LogP contribution in [0.25, 0.3) is 0 Å². The topological polar surface area (TPSA) is 38.3 Å². The van der Waals surface area contributed by atoms with E-state index in [-0.39, 0.29) is 12.1 Å². The molecule has 3 nitrogen and oxygen atoms in total. The molecule has 3 heteroatoms. The monoisotopic (exact) mass is 223 g/mol. The van der Waals surface area contributed by atoms with Crippen molar-refractivity contribution in [3.05, 3.63) is 0 Å². The second-order valence-corrected chi connectivity index (χ2v) is 5.36. The van der Waals surface area contributed by atoms with E-state index in [1.54, 1.807) is 0 Å². The molecule has 0 atom stereocenters. The van der Waals surface area contributed by atoms with Gasteiger partial charge >= 0.3 is 6.09 Å². The molecule has 1 saturated carbocycles. The summed E-state index contributed by atoms with van der Waals surface area (Å²) < 4.78 is 5.20. The van der Waals surface area contributed by atoms with Gasteiger partial charge in [0, 0.05) is 12.0 Å². The zero-order valence-electron chi connectivity index (χ0n) is 10.4. The highest BCUT2D eigenvalue weighted by Gasteiger charge is 2.23. The Kier molecular flexibility index (Phi) is 4.23. The normalized spacial score (nSPS) is 25.6. The smallest absolute Gasteiger partial charge is 0.407 e. The number of rotatable bonds is 1. The molecule has 1 N–H and O–H groups in total. The summed E-state index contributed by atoms with van der Waals surface area (Å²) in [5.74, 6) is 3.16. The van der Waals surface area contributed by atoms with Crippen LogP contribution in [-0.2, 0) is 4.74 Å². The molecule has 1 fully saturated rings. The van der Waals surface area contributed by atoms with Gasteiger partial charge in [0.1, 0.15) is 5.60 Å². The molecular weight excluding hydrogens is 202 g/mol. The summed E-state index contributed by atoms with van der Waals surface area (Å²) in [6.45, 7) is 5.59. The highest BCUT2D eigenvalue weighted by Crippen LogP contribution is 2.23. The van der Waals surface area contributed by atoms with Crippen LogP contribution in [0.4, 0.5) is 4.79 Å². The molecule has 1 aliphatic rings. The highest BCUT2D eigenvalue weighted by molar-refractivity contribution is 5.68. The number of carbonyl (C=O) groups is 1. The van der Waals surface area contributed by atoms with E-state index in [1.807, 2.05) is 20.8 Å². The van der Waals surface area contributed by atoms with Crippen molar-refractivity contribution >= 4 is 6.09 Å². The van der Waals surface area contributed by atoms with Gasteiger partial charge in [-0.2, -0.15) is 0 Å². The number of hydrogen-bond acceptors (Lipinski definition) is 2. The quantitative estimate of drug-likeness (QED) is 0.694. The third kappa shape index (κ3) is 4.57. The molecule has 0 aromatic carbocycles. The Morgan fingerprint density at radius 3 is 2.31 bits per heavy atom. The van der Waals surface area contributed by atoms with Gasteiger partial charge in [-0.05, 0) is 46.5 Å². The molecule has 0 aromatic heterocycles. The SMILES string of the molecule is C#CC1CCC(NC(=O)OC(C)(C)C)CC1. The van der Waals surface area contributed by atoms with Crippen molar-refractivity contribution in [1.82, 2.24) is 5.32 Å². The summed E-state index contributed by atoms with van der Waals surface area (Å²) in [5.41, 5.74) is -0.430. The average molecular weight is 223 g/mol. The van der Waals surface area contributed by atoms with Crippen molar-refractivity contribution < 1.29 is 9.53 Å². The first kappa shape index (κ1) is 12.9. The molecule has 1 amide bonds. The minimum Gasteiger partial charge on any atom is -0.444 e. The van der Waals surface area contributed by atoms with E-state index in [0.717, 1.165) is 25.7 Å². The molecular formula is C13H21NO2. The number of ether oxygens (including phenoxy) is 1. The molecule has 0 bridgehead atoms. The Morgan fingerprint density at radius 1 is 1.31 bits per heavy atom. The summed E-state index contributed by atoms with van der Waals surface area (Å²) in [4.78, 5) is 11.5. The zero-order valence-corrected chi connectivity index (χ0v) is 10.4. The first-order valence-electron chi connectivity index (χ1n) is 5.86. The fourth-order valence-corrected chi connectivity index (χ4v) is 1.88. The Balaban J connectivity index is 2.29. The largest absolute Gasteiger partial charge is 0.444 e. The van der Waals surface area contributed by atoms with Gasteiger partial charge < -0.3 is 10.1 Å². The zero-order chi connectivity index (χ0) is 12.2. The van der Waals surface area contributed by atoms with Gasteiger partial charge in [0.2, 0.25) is 0 Å². The van der Waals surface area contributed by atoms with Crippen LogP contribution >= 0.6 is 0 Å². The fourth-order valence-electron chi connectivity index (χ4n) is 1.88. The van der Waals surface area contributed by atoms with Gasteiger partial charge in [-0.25, -0.2) is 4.79 Å². The lowest BCUT2D eigenvalue weighted by Crippen LogP contribution is -2.40. The Hall–Kier alpha value is -1.17. The summed E-state index contributed by atoms with van der Waals surface area (Å²) in [6, 6.07) is 0.222. The minimum atomic E-state index is -0.430. The van der Waals surface area contributed by atoms with Crippen molar-refractivity contribution in [2.24, 2.45) is 5.92 Å². The van der Waals surface area contributed by atoms with Gasteiger partial charge in [0.15, 0.2) is 0 Å². The second-order valence-electron chi connectivity index (χ2n) is 5.36. The van der Waals surface area contributed by atoms with E-state index >= 15 is 0 Å². The average Bonchev–Trinajstić information content (AvgIpc) is 2.16. The second kappa shape index (κ2) is 5.25. The number of alkyl carbamates (subject to hydrolysis) is 1. The van der Waals surface area contributed by atoms with Crippen molar-refractivity contribution in [3.63, 3.8) is 0 Å². The summed E-state index contributed by atoms with van der Waals surface area (Å²) in [5, 5.41) is 2.89. The Bertz CT molecular complexity index is 277. The van der Waals surface area contributed by atoms with E-state index in [2.05, 4.69) is 11.2 Å². The number of nitrogens with one attached hydrogen (secondary N) is 1. The lowest BCUT2D eigenvalue weighted by molar-refractivity contribution is 0.0490. The van der Waals surface area contributed by atoms with Gasteiger partial charge in [-0.1, -0.05) is 0 Å². The van der Waals surface area contributed by atoms with Crippen LogP contribution in [0.5, 0.6) is 0 Å². The van der Waals surface area contributed by atoms with Crippen LogP contribution in [0.2, 0.25) is 0 Å². The number of carbonyl (C=O) groups excluding carboxylic acids is 1. The summed E-state index contributed by atoms with van der Waals surface area (Å²) in [7, 11) is 0. The molecule has 1 rings (SSSR count). The van der Waals surface area contributed by atoms with Crippen LogP contribution in [0.3, 0.4) is 0 Å². The fraction of sp³-hybridized carbons (Fsp3) is 0.769. The third-order valence-corrected chi connectivity index (χ3v) is 2.68. The van der Waals surface area contributed by atoms with Gasteiger partial charge in [0.25, 0.3) is 0 Å². The van der Waals surface area contributed by atoms with Crippen molar-refractivity contribution in [3.8, 4) is 12.3 Å². The molecule has 90 valence electrons. The Morgan fingerprint density at radius 2 is 1.88 bits per heavy atom. The van der Waals surface area contributed by atoms with E-state index < -0.39 is 5.60 Å². The molecule has 0 saturated heterocycles. The van der Waals surface area contributed by atoms with Gasteiger partial charge in [0.05, 0.1) is 0 Å². The van der Waals surface area contributed by atoms with Crippen molar-refractivity contribution in [2.75, 3.05) is 0 Å². The molecule has 16 heavy (non-hydrogen) atoms. The maximum atomic E-state index is 11.5. The van der Waals surface area contributed by atoms with Crippen LogP contribution in [-0.4, -0.2) is 17.7 Å². The molecule has 1 aliphatic carbocycles. The lowest BCUT2D eigenvalue weighted by Gasteiger charge is -2.28. The van der Waals surface area contributed by atoms with E-state index in [4.69, 9.17) is 11.2 Å². The van der Waals surface area contributed by atoms with Crippen LogP contribution in [0.1, 0.15) is 46.5 Å². The predicted molar refractivity (Wildman–Crippen MR) is 63.9 cm³/mol. The molecule has 0 aromatic rings. The van der Waals surface area contributed by atoms with Crippen LogP contribution < -0.4 is 5.32 Å². The molecule has 0 spiro atoms. The third-order valence-electron chi connectivity index (χ3n) is 2.68. The van der Waals surface area contributed by atoms with E-state index in [9.17, 15) is 4.79 Å². The first-order valence-corrected chi connectivity index (χ1v) is 5.86. The Labute approximate surface area is 97.9 Å². The first-order chi connectivity index (χ1) is 7.40. The number of hydrogen-bond donors (Lipinski definition) is 1. The van der Waals surface area contributed by atoms with Crippen molar-refractivity contribution in [1.29, 1.82) is 0 Å². The lowest BCUT2D eigenvalue weighted by atomic mass is 9.87. The highest BCUT2D eigenvalue weighted by atomic mass is 16.6. The van der Waals surface area contributed by atoms with E-state index in [0.29, 0.717) is 5.92 Å². The predicted octanol–water partition coefficient (Wildman–Crippen LogP) is 2.70. The minimum absolute atomic E-state index is 0.222. The van der Waals surface area contributed by atoms with E-state index in [1.165, 1.54) is 0 Å². The van der Waals surface area contributed by atoms with Crippen LogP contribution in [0, 0.1) is 18.3 Å². The van der Waals surface area contributed by atoms with Gasteiger partial charge in [-0.15, -0.1) is 12.3 Å². The molecule has 0 unspecified atom stereocenters. The molecule has 0 radical (unpaired) electrons. The summed E-state index contributed by atoms with van der Waals surface area (Å²) in [6.07, 6.45) is 8.95. The van der Waals surface area contributed by atoms with Crippen molar-refractivity contribution in [2.45, 2.75) is 58.1 Å². The molecule has 0 heterocycles. The maximum absolute atomic E-state index is 11.5. The summed E-state index contributed by atoms with van der Waals surface area (Å²) >= 11 is 0. The number of amides is 1. The van der Waals surface area contributed by atoms with Gasteiger partial charge in [-0.3, -0.25) is 0 Å². The number of terminal acetylenes is 1.